The monoisotopic (exact) mass is 476 g/mol. The van der Waals surface area contributed by atoms with Gasteiger partial charge in [0.2, 0.25) is 0 Å². The Morgan fingerprint density at radius 1 is 1.11 bits per heavy atom. The van der Waals surface area contributed by atoms with Crippen molar-refractivity contribution in [1.82, 2.24) is 15.1 Å². The van der Waals surface area contributed by atoms with E-state index in [1.807, 2.05) is 36.4 Å². The van der Waals surface area contributed by atoms with Crippen molar-refractivity contribution in [1.29, 1.82) is 0 Å². The zero-order chi connectivity index (χ0) is 24.5. The van der Waals surface area contributed by atoms with Crippen LogP contribution in [0.3, 0.4) is 0 Å². The first-order valence-corrected chi connectivity index (χ1v) is 11.2. The van der Waals surface area contributed by atoms with E-state index >= 15 is 0 Å². The Morgan fingerprint density at radius 3 is 2.43 bits per heavy atom. The largest absolute Gasteiger partial charge is 0.479 e. The summed E-state index contributed by atoms with van der Waals surface area (Å²) in [7, 11) is 1.55. The van der Waals surface area contributed by atoms with Gasteiger partial charge in [0.15, 0.2) is 6.10 Å². The summed E-state index contributed by atoms with van der Waals surface area (Å²) in [5.41, 5.74) is 4.67. The van der Waals surface area contributed by atoms with Gasteiger partial charge >= 0.3 is 12.1 Å². The van der Waals surface area contributed by atoms with Crippen LogP contribution in [0.15, 0.2) is 54.7 Å². The molecular formula is C25H24N4O6. The number of nitrogens with one attached hydrogen (secondary N) is 2. The molecule has 10 nitrogen and oxygen atoms in total. The van der Waals surface area contributed by atoms with Gasteiger partial charge in [0.25, 0.3) is 5.91 Å². The van der Waals surface area contributed by atoms with E-state index in [4.69, 9.17) is 9.47 Å². The summed E-state index contributed by atoms with van der Waals surface area (Å²) in [6.45, 7) is 0.361. The normalized spacial score (nSPS) is 18.5. The maximum Gasteiger partial charge on any atom is 0.411 e. The van der Waals surface area contributed by atoms with Crippen LogP contribution in [0.2, 0.25) is 0 Å². The first kappa shape index (κ1) is 22.6. The lowest BCUT2D eigenvalue weighted by Crippen LogP contribution is -2.44. The molecule has 1 aromatic heterocycles. The zero-order valence-corrected chi connectivity index (χ0v) is 18.9. The number of benzene rings is 2. The van der Waals surface area contributed by atoms with Crippen molar-refractivity contribution in [2.45, 2.75) is 24.5 Å². The molecule has 0 radical (unpaired) electrons. The molecular weight excluding hydrogens is 452 g/mol. The number of fused-ring (bicyclic) bond motifs is 3. The Bertz CT molecular complexity index is 1260. The molecule has 3 N–H and O–H groups in total. The van der Waals surface area contributed by atoms with Crippen LogP contribution in [0.5, 0.6) is 0 Å². The predicted molar refractivity (Wildman–Crippen MR) is 125 cm³/mol. The number of hydrogen-bond donors (Lipinski definition) is 3. The van der Waals surface area contributed by atoms with Gasteiger partial charge in [0.05, 0.1) is 17.9 Å². The summed E-state index contributed by atoms with van der Waals surface area (Å²) in [5.74, 6) is -1.81. The Kier molecular flexibility index (Phi) is 5.96. The van der Waals surface area contributed by atoms with E-state index in [0.29, 0.717) is 6.42 Å². The van der Waals surface area contributed by atoms with Crippen LogP contribution in [-0.4, -0.2) is 58.2 Å². The van der Waals surface area contributed by atoms with Gasteiger partial charge < -0.3 is 19.9 Å². The fourth-order valence-corrected chi connectivity index (χ4v) is 4.76. The van der Waals surface area contributed by atoms with Crippen molar-refractivity contribution in [2.24, 2.45) is 7.05 Å². The molecule has 2 amide bonds. The molecule has 2 unspecified atom stereocenters. The van der Waals surface area contributed by atoms with Gasteiger partial charge in [0.1, 0.15) is 12.3 Å². The highest BCUT2D eigenvalue weighted by Gasteiger charge is 2.36. The third kappa shape index (κ3) is 4.24. The molecule has 35 heavy (non-hydrogen) atoms. The van der Waals surface area contributed by atoms with Crippen LogP contribution >= 0.6 is 0 Å². The number of aliphatic carboxylic acids is 1. The van der Waals surface area contributed by atoms with Gasteiger partial charge in [-0.15, -0.1) is 0 Å². The fourth-order valence-electron chi connectivity index (χ4n) is 4.76. The van der Waals surface area contributed by atoms with Gasteiger partial charge in [-0.3, -0.25) is 14.8 Å². The summed E-state index contributed by atoms with van der Waals surface area (Å²) in [6.07, 6.45) is -0.126. The topological polar surface area (TPSA) is 132 Å². The molecule has 0 saturated carbocycles. The quantitative estimate of drug-likeness (QED) is 0.498. The third-order valence-electron chi connectivity index (χ3n) is 6.39. The van der Waals surface area contributed by atoms with Crippen molar-refractivity contribution in [3.8, 4) is 11.1 Å². The van der Waals surface area contributed by atoms with Crippen LogP contribution in [0.4, 0.5) is 10.5 Å². The van der Waals surface area contributed by atoms with E-state index < -0.39 is 30.1 Å². The van der Waals surface area contributed by atoms with E-state index in [0.717, 1.165) is 22.3 Å². The van der Waals surface area contributed by atoms with Crippen molar-refractivity contribution in [3.05, 3.63) is 71.5 Å². The van der Waals surface area contributed by atoms with Crippen LogP contribution in [0.25, 0.3) is 11.1 Å². The second kappa shape index (κ2) is 9.22. The van der Waals surface area contributed by atoms with Crippen molar-refractivity contribution >= 4 is 23.7 Å². The molecule has 180 valence electrons. The summed E-state index contributed by atoms with van der Waals surface area (Å²) >= 11 is 0. The van der Waals surface area contributed by atoms with Gasteiger partial charge in [-0.1, -0.05) is 48.5 Å². The van der Waals surface area contributed by atoms with Crippen molar-refractivity contribution in [3.63, 3.8) is 0 Å². The van der Waals surface area contributed by atoms with Crippen LogP contribution in [0, 0.1) is 0 Å². The Balaban J connectivity index is 1.26. The van der Waals surface area contributed by atoms with Crippen LogP contribution in [0.1, 0.15) is 34.0 Å². The Labute approximate surface area is 200 Å². The second-order valence-electron chi connectivity index (χ2n) is 8.48. The number of aryl methyl sites for hydroxylation is 1. The minimum atomic E-state index is -1.14. The first-order valence-electron chi connectivity index (χ1n) is 11.2. The predicted octanol–water partition coefficient (Wildman–Crippen LogP) is 2.75. The highest BCUT2D eigenvalue weighted by Crippen LogP contribution is 2.44. The van der Waals surface area contributed by atoms with Crippen LogP contribution in [-0.2, 0) is 21.3 Å². The Hall–Kier alpha value is -4.18. The maximum atomic E-state index is 12.9. The molecule has 1 aliphatic heterocycles. The average Bonchev–Trinajstić information content (AvgIpc) is 3.54. The highest BCUT2D eigenvalue weighted by atomic mass is 16.5. The number of amides is 2. The molecule has 1 saturated heterocycles. The van der Waals surface area contributed by atoms with E-state index in [1.165, 1.54) is 10.9 Å². The van der Waals surface area contributed by atoms with Gasteiger partial charge in [-0.2, -0.15) is 5.10 Å². The highest BCUT2D eigenvalue weighted by molar-refractivity contribution is 6.01. The van der Waals surface area contributed by atoms with E-state index in [9.17, 15) is 19.5 Å². The van der Waals surface area contributed by atoms with Crippen molar-refractivity contribution < 1.29 is 29.0 Å². The number of aromatic nitrogens is 2. The summed E-state index contributed by atoms with van der Waals surface area (Å²) in [4.78, 5) is 36.9. The first-order chi connectivity index (χ1) is 16.9. The number of anilines is 1. The molecule has 5 rings (SSSR count). The average molecular weight is 476 g/mol. The molecule has 2 heterocycles. The van der Waals surface area contributed by atoms with E-state index in [2.05, 4.69) is 27.9 Å². The maximum absolute atomic E-state index is 12.9. The smallest absolute Gasteiger partial charge is 0.411 e. The molecule has 0 spiro atoms. The number of ether oxygens (including phenoxy) is 2. The van der Waals surface area contributed by atoms with Crippen LogP contribution < -0.4 is 10.6 Å². The molecule has 1 fully saturated rings. The van der Waals surface area contributed by atoms with Gasteiger partial charge in [-0.05, 0) is 28.7 Å². The molecule has 10 heteroatoms. The van der Waals surface area contributed by atoms with Gasteiger partial charge in [0, 0.05) is 19.6 Å². The summed E-state index contributed by atoms with van der Waals surface area (Å²) < 4.78 is 12.0. The molecule has 2 aliphatic rings. The lowest BCUT2D eigenvalue weighted by atomic mass is 9.98. The minimum absolute atomic E-state index is 0.0783. The third-order valence-corrected chi connectivity index (χ3v) is 6.39. The molecule has 1 aliphatic carbocycles. The lowest BCUT2D eigenvalue weighted by Gasteiger charge is -2.17. The second-order valence-corrected chi connectivity index (χ2v) is 8.48. The lowest BCUT2D eigenvalue weighted by molar-refractivity contribution is -0.148. The number of carboxylic acids is 1. The summed E-state index contributed by atoms with van der Waals surface area (Å²) in [6, 6.07) is 15.4. The van der Waals surface area contributed by atoms with E-state index in [-0.39, 0.29) is 30.5 Å². The Morgan fingerprint density at radius 2 is 1.77 bits per heavy atom. The number of rotatable bonds is 6. The number of carboxylic acid groups (broad SMARTS) is 1. The number of hydrogen-bond acceptors (Lipinski definition) is 6. The summed E-state index contributed by atoms with van der Waals surface area (Å²) in [5, 5.41) is 18.6. The standard InChI is InChI=1S/C25H24N4O6/c1-29-21(23(30)27-19-10-11-34-22(19)24(31)32)20(12-26-29)28-25(33)35-13-18-16-8-4-2-6-14(16)15-7-3-5-9-17(15)18/h2-9,12,18-19,22H,10-11,13H2,1H3,(H,27,30)(H,28,33)(H,31,32). The van der Waals surface area contributed by atoms with Gasteiger partial charge in [-0.25, -0.2) is 9.59 Å². The molecule has 3 aromatic rings. The van der Waals surface area contributed by atoms with Crippen molar-refractivity contribution in [2.75, 3.05) is 18.5 Å². The fraction of sp³-hybridized carbons (Fsp3) is 0.280. The molecule has 0 bridgehead atoms. The van der Waals surface area contributed by atoms with E-state index in [1.54, 1.807) is 7.05 Å². The number of nitrogens with zero attached hydrogens (tertiary/aromatic N) is 2. The number of carbonyl (C=O) groups is 3. The molecule has 2 atom stereocenters. The minimum Gasteiger partial charge on any atom is -0.479 e. The number of carbonyl (C=O) groups excluding carboxylic acids is 2. The SMILES string of the molecule is Cn1ncc(NC(=O)OCC2c3ccccc3-c3ccccc32)c1C(=O)NC1CCOC1C(=O)O. The molecule has 2 aromatic carbocycles. The zero-order valence-electron chi connectivity index (χ0n) is 18.9.